The van der Waals surface area contributed by atoms with Gasteiger partial charge in [0.25, 0.3) is 0 Å². The Balaban J connectivity index is 2.20. The summed E-state index contributed by atoms with van der Waals surface area (Å²) in [4.78, 5) is 11.9. The first kappa shape index (κ1) is 9.11. The highest BCUT2D eigenvalue weighted by molar-refractivity contribution is 7.60. The van der Waals surface area contributed by atoms with Gasteiger partial charge in [-0.1, -0.05) is 0 Å². The molecule has 3 rings (SSSR count). The van der Waals surface area contributed by atoms with Gasteiger partial charge in [-0.05, 0) is 25.7 Å². The van der Waals surface area contributed by atoms with Crippen LogP contribution >= 0.6 is 7.37 Å². The van der Waals surface area contributed by atoms with Crippen LogP contribution in [-0.4, -0.2) is 24.2 Å². The van der Waals surface area contributed by atoms with Crippen molar-refractivity contribution in [3.63, 3.8) is 0 Å². The molecule has 4 heteroatoms. The van der Waals surface area contributed by atoms with Gasteiger partial charge in [0, 0.05) is 18.5 Å². The molecule has 78 valence electrons. The van der Waals surface area contributed by atoms with Crippen LogP contribution in [0, 0.1) is 17.8 Å². The summed E-state index contributed by atoms with van der Waals surface area (Å²) < 4.78 is 17.8. The van der Waals surface area contributed by atoms with Crippen LogP contribution in [-0.2, 0) is 13.9 Å². The van der Waals surface area contributed by atoms with E-state index in [2.05, 4.69) is 0 Å². The maximum Gasteiger partial charge on any atom is 0.206 e. The van der Waals surface area contributed by atoms with E-state index in [-0.39, 0.29) is 17.0 Å². The minimum Gasteiger partial charge on any atom is -0.327 e. The second-order valence-electron chi connectivity index (χ2n) is 5.11. The van der Waals surface area contributed by atoms with Gasteiger partial charge in [0.05, 0.1) is 11.8 Å². The molecule has 0 amide bonds. The van der Waals surface area contributed by atoms with Crippen molar-refractivity contribution in [1.82, 2.24) is 0 Å². The Bertz CT molecular complexity index is 364. The summed E-state index contributed by atoms with van der Waals surface area (Å²) in [5, 5.41) is -0.326. The molecule has 0 N–H and O–H groups in total. The molecule has 5 atom stereocenters. The highest BCUT2D eigenvalue weighted by Gasteiger charge is 2.70. The Labute approximate surface area is 83.7 Å². The fraction of sp³-hybridized carbons (Fsp3) is 0.900. The molecule has 2 aliphatic carbocycles. The Hall–Kier alpha value is -0.140. The number of hydrogen-bond donors (Lipinski definition) is 0. The fourth-order valence-electron chi connectivity index (χ4n) is 3.83. The number of ketones is 1. The highest BCUT2D eigenvalue weighted by atomic mass is 31.2. The summed E-state index contributed by atoms with van der Waals surface area (Å²) in [5.74, 6) is 0.740. The van der Waals surface area contributed by atoms with E-state index in [1.807, 2.05) is 6.92 Å². The third kappa shape index (κ3) is 0.727. The Morgan fingerprint density at radius 2 is 2.21 bits per heavy atom. The van der Waals surface area contributed by atoms with E-state index < -0.39 is 7.37 Å². The van der Waals surface area contributed by atoms with Crippen LogP contribution in [0.4, 0.5) is 0 Å². The highest BCUT2D eigenvalue weighted by Crippen LogP contribution is 2.74. The van der Waals surface area contributed by atoms with Gasteiger partial charge in [0.2, 0.25) is 7.37 Å². The molecule has 4 bridgehead atoms. The lowest BCUT2D eigenvalue weighted by atomic mass is 9.88. The molecule has 1 aliphatic heterocycles. The third-order valence-corrected chi connectivity index (χ3v) is 7.83. The molecule has 3 nitrogen and oxygen atoms in total. The van der Waals surface area contributed by atoms with E-state index in [0.29, 0.717) is 18.3 Å². The molecular formula is C10H15O3P. The normalized spacial score (nSPS) is 60.7. The molecule has 0 aromatic heterocycles. The summed E-state index contributed by atoms with van der Waals surface area (Å²) >= 11 is 0. The summed E-state index contributed by atoms with van der Waals surface area (Å²) in [7, 11) is -2.57. The molecule has 0 radical (unpaired) electrons. The first-order chi connectivity index (χ1) is 6.48. The van der Waals surface area contributed by atoms with E-state index >= 15 is 0 Å². The second kappa shape index (κ2) is 2.33. The zero-order chi connectivity index (χ0) is 10.1. The zero-order valence-electron chi connectivity index (χ0n) is 8.53. The zero-order valence-corrected chi connectivity index (χ0v) is 9.42. The molecule has 0 aromatic carbocycles. The smallest absolute Gasteiger partial charge is 0.206 e. The van der Waals surface area contributed by atoms with Crippen molar-refractivity contribution in [2.75, 3.05) is 13.3 Å². The van der Waals surface area contributed by atoms with Crippen LogP contribution < -0.4 is 0 Å². The Morgan fingerprint density at radius 1 is 1.50 bits per heavy atom. The average molecular weight is 214 g/mol. The predicted molar refractivity (Wildman–Crippen MR) is 52.6 cm³/mol. The SMILES string of the molecule is CC12C3CCC1[C@@H](COP2(C)=O)C3=O. The van der Waals surface area contributed by atoms with Gasteiger partial charge in [0.15, 0.2) is 0 Å². The van der Waals surface area contributed by atoms with Crippen molar-refractivity contribution in [3.8, 4) is 0 Å². The quantitative estimate of drug-likeness (QED) is 0.578. The van der Waals surface area contributed by atoms with Gasteiger partial charge in [-0.2, -0.15) is 0 Å². The topological polar surface area (TPSA) is 43.4 Å². The molecule has 0 aromatic rings. The van der Waals surface area contributed by atoms with Gasteiger partial charge in [-0.15, -0.1) is 0 Å². The number of Topliss-reactive ketones (excluding diaryl/α,β-unsaturated/α-hetero) is 1. The lowest BCUT2D eigenvalue weighted by Crippen LogP contribution is -2.37. The molecule has 2 saturated carbocycles. The molecule has 1 heterocycles. The monoisotopic (exact) mass is 214 g/mol. The molecule has 0 spiro atoms. The summed E-state index contributed by atoms with van der Waals surface area (Å²) in [6.45, 7) is 4.13. The fourth-order valence-corrected chi connectivity index (χ4v) is 6.29. The lowest BCUT2D eigenvalue weighted by Gasteiger charge is -2.39. The second-order valence-corrected chi connectivity index (χ2v) is 8.03. The molecule has 1 saturated heterocycles. The van der Waals surface area contributed by atoms with E-state index in [4.69, 9.17) is 4.52 Å². The van der Waals surface area contributed by atoms with Crippen LogP contribution in [0.2, 0.25) is 0 Å². The van der Waals surface area contributed by atoms with E-state index in [0.717, 1.165) is 12.8 Å². The minimum atomic E-state index is -2.57. The molecular weight excluding hydrogens is 199 g/mol. The van der Waals surface area contributed by atoms with E-state index in [9.17, 15) is 9.36 Å². The van der Waals surface area contributed by atoms with Crippen LogP contribution in [0.25, 0.3) is 0 Å². The predicted octanol–water partition coefficient (Wildman–Crippen LogP) is 1.91. The lowest BCUT2D eigenvalue weighted by molar-refractivity contribution is -0.126. The number of rotatable bonds is 0. The van der Waals surface area contributed by atoms with Crippen molar-refractivity contribution in [3.05, 3.63) is 0 Å². The van der Waals surface area contributed by atoms with Crippen LogP contribution in [0.15, 0.2) is 0 Å². The van der Waals surface area contributed by atoms with Crippen molar-refractivity contribution >= 4 is 13.2 Å². The molecule has 4 unspecified atom stereocenters. The average Bonchev–Trinajstić information content (AvgIpc) is 2.52. The number of carbonyl (C=O) groups excluding carboxylic acids is 1. The Kier molecular flexibility index (Phi) is 1.52. The maximum atomic E-state index is 12.4. The van der Waals surface area contributed by atoms with Gasteiger partial charge in [-0.3, -0.25) is 9.36 Å². The van der Waals surface area contributed by atoms with Gasteiger partial charge >= 0.3 is 0 Å². The molecule has 3 aliphatic rings. The molecule has 3 fully saturated rings. The molecule has 14 heavy (non-hydrogen) atoms. The van der Waals surface area contributed by atoms with Crippen molar-refractivity contribution in [1.29, 1.82) is 0 Å². The van der Waals surface area contributed by atoms with Crippen LogP contribution in [0.1, 0.15) is 19.8 Å². The number of hydrogen-bond acceptors (Lipinski definition) is 3. The summed E-state index contributed by atoms with van der Waals surface area (Å²) in [5.41, 5.74) is 0. The first-order valence-electron chi connectivity index (χ1n) is 5.24. The van der Waals surface area contributed by atoms with E-state index in [1.165, 1.54) is 0 Å². The first-order valence-corrected chi connectivity index (χ1v) is 7.31. The third-order valence-electron chi connectivity index (χ3n) is 4.79. The van der Waals surface area contributed by atoms with Crippen molar-refractivity contribution in [2.24, 2.45) is 17.8 Å². The van der Waals surface area contributed by atoms with Gasteiger partial charge < -0.3 is 4.52 Å². The van der Waals surface area contributed by atoms with E-state index in [1.54, 1.807) is 6.66 Å². The van der Waals surface area contributed by atoms with Crippen LogP contribution in [0.3, 0.4) is 0 Å². The minimum absolute atomic E-state index is 0.0239. The Morgan fingerprint density at radius 3 is 2.86 bits per heavy atom. The maximum absolute atomic E-state index is 12.4. The standard InChI is InChI=1S/C10H15O3P/c1-10-7-3-4-8(10)9(11)6(7)5-13-14(10,2)12/h6-8H,3-5H2,1-2H3/t6-,7?,8?,10?,14?/m1/s1. The van der Waals surface area contributed by atoms with Gasteiger partial charge in [0.1, 0.15) is 5.78 Å². The summed E-state index contributed by atoms with van der Waals surface area (Å²) in [6, 6.07) is 0. The van der Waals surface area contributed by atoms with Crippen LogP contribution in [0.5, 0.6) is 0 Å². The van der Waals surface area contributed by atoms with Crippen molar-refractivity contribution < 1.29 is 13.9 Å². The number of carbonyl (C=O) groups is 1. The van der Waals surface area contributed by atoms with Crippen molar-refractivity contribution in [2.45, 2.75) is 24.9 Å². The van der Waals surface area contributed by atoms with Gasteiger partial charge in [-0.25, -0.2) is 0 Å². The summed E-state index contributed by atoms with van der Waals surface area (Å²) in [6.07, 6.45) is 2.00. The largest absolute Gasteiger partial charge is 0.327 e.